The smallest absolute Gasteiger partial charge is 0.323 e. The lowest BCUT2D eigenvalue weighted by atomic mass is 9.69. The SMILES string of the molecule is [2H][C@@]1(C(=O)O[C@@H](C)CCOC(=O)C(C)(C)C)C[C@H]2C[C@@H](CCc3nn[nH]n3)CC[C@H]2CN1. The number of carbonyl (C=O) groups is 2. The third-order valence-electron chi connectivity index (χ3n) is 6.38. The molecule has 2 fully saturated rings. The zero-order valence-electron chi connectivity index (χ0n) is 20.1. The summed E-state index contributed by atoms with van der Waals surface area (Å²) in [6.45, 7) is 8.02. The Morgan fingerprint density at radius 1 is 1.26 bits per heavy atom. The number of tetrazole rings is 1. The van der Waals surface area contributed by atoms with Gasteiger partial charge in [-0.1, -0.05) is 11.6 Å². The van der Waals surface area contributed by atoms with Crippen molar-refractivity contribution in [1.29, 1.82) is 0 Å². The highest BCUT2D eigenvalue weighted by molar-refractivity contribution is 5.76. The molecular weight excluding hydrogens is 398 g/mol. The van der Waals surface area contributed by atoms with E-state index in [2.05, 4.69) is 25.9 Å². The number of hydrogen-bond acceptors (Lipinski definition) is 8. The molecule has 2 heterocycles. The van der Waals surface area contributed by atoms with Gasteiger partial charge in [0.05, 0.1) is 13.4 Å². The third kappa shape index (κ3) is 6.98. The number of carbonyl (C=O) groups excluding carboxylic acids is 2. The van der Waals surface area contributed by atoms with Gasteiger partial charge < -0.3 is 14.8 Å². The van der Waals surface area contributed by atoms with Crippen LogP contribution in [0.4, 0.5) is 0 Å². The Bertz CT molecular complexity index is 769. The molecule has 0 spiro atoms. The summed E-state index contributed by atoms with van der Waals surface area (Å²) in [5.41, 5.74) is -0.558. The molecule has 1 aromatic rings. The number of H-pyrrole nitrogens is 1. The second-order valence-electron chi connectivity index (χ2n) is 10.0. The van der Waals surface area contributed by atoms with Crippen LogP contribution in [-0.2, 0) is 25.5 Å². The van der Waals surface area contributed by atoms with Crippen molar-refractivity contribution in [2.24, 2.45) is 23.2 Å². The molecule has 9 nitrogen and oxygen atoms in total. The summed E-state index contributed by atoms with van der Waals surface area (Å²) in [4.78, 5) is 24.7. The summed E-state index contributed by atoms with van der Waals surface area (Å²) >= 11 is 0. The van der Waals surface area contributed by atoms with Crippen LogP contribution in [-0.4, -0.2) is 57.8 Å². The van der Waals surface area contributed by atoms with Crippen molar-refractivity contribution in [3.63, 3.8) is 0 Å². The zero-order valence-corrected chi connectivity index (χ0v) is 19.1. The van der Waals surface area contributed by atoms with Gasteiger partial charge in [0, 0.05) is 12.8 Å². The molecule has 0 unspecified atom stereocenters. The molecule has 0 amide bonds. The monoisotopic (exact) mass is 436 g/mol. The van der Waals surface area contributed by atoms with Gasteiger partial charge >= 0.3 is 11.9 Å². The van der Waals surface area contributed by atoms with Crippen molar-refractivity contribution in [2.75, 3.05) is 13.2 Å². The number of aromatic nitrogens is 4. The lowest BCUT2D eigenvalue weighted by molar-refractivity contribution is -0.156. The maximum atomic E-state index is 12.8. The Labute approximate surface area is 185 Å². The first-order valence-corrected chi connectivity index (χ1v) is 11.4. The maximum Gasteiger partial charge on any atom is 0.323 e. The van der Waals surface area contributed by atoms with Crippen molar-refractivity contribution in [3.8, 4) is 0 Å². The van der Waals surface area contributed by atoms with E-state index < -0.39 is 23.5 Å². The maximum absolute atomic E-state index is 12.8. The van der Waals surface area contributed by atoms with Gasteiger partial charge in [-0.2, -0.15) is 5.21 Å². The third-order valence-corrected chi connectivity index (χ3v) is 6.38. The van der Waals surface area contributed by atoms with Crippen molar-refractivity contribution in [1.82, 2.24) is 25.9 Å². The summed E-state index contributed by atoms with van der Waals surface area (Å²) in [7, 11) is 0. The van der Waals surface area contributed by atoms with E-state index in [-0.39, 0.29) is 12.6 Å². The van der Waals surface area contributed by atoms with Crippen LogP contribution in [0.25, 0.3) is 0 Å². The number of aryl methyl sites for hydroxylation is 1. The predicted molar refractivity (Wildman–Crippen MR) is 114 cm³/mol. The van der Waals surface area contributed by atoms with Crippen LogP contribution < -0.4 is 5.32 Å². The minimum Gasteiger partial charge on any atom is -0.465 e. The van der Waals surface area contributed by atoms with Crippen LogP contribution in [0.3, 0.4) is 0 Å². The summed E-state index contributed by atoms with van der Waals surface area (Å²) in [6.07, 6.45) is 5.50. The number of nitrogens with one attached hydrogen (secondary N) is 2. The van der Waals surface area contributed by atoms with Crippen LogP contribution in [0.2, 0.25) is 0 Å². The summed E-state index contributed by atoms with van der Waals surface area (Å²) in [6, 6.07) is -1.42. The second kappa shape index (κ2) is 10.5. The van der Waals surface area contributed by atoms with Gasteiger partial charge in [0.1, 0.15) is 12.1 Å². The molecule has 174 valence electrons. The highest BCUT2D eigenvalue weighted by Gasteiger charge is 2.38. The van der Waals surface area contributed by atoms with Crippen molar-refractivity contribution >= 4 is 11.9 Å². The van der Waals surface area contributed by atoms with Crippen LogP contribution in [0.5, 0.6) is 0 Å². The Morgan fingerprint density at radius 2 is 2.06 bits per heavy atom. The zero-order chi connectivity index (χ0) is 23.4. The highest BCUT2D eigenvalue weighted by atomic mass is 16.6. The van der Waals surface area contributed by atoms with Gasteiger partial charge in [-0.3, -0.25) is 9.59 Å². The quantitative estimate of drug-likeness (QED) is 0.597. The molecular formula is C22H37N5O4. The molecule has 1 saturated heterocycles. The van der Waals surface area contributed by atoms with Gasteiger partial charge in [0.2, 0.25) is 0 Å². The van der Waals surface area contributed by atoms with E-state index in [1.165, 1.54) is 0 Å². The molecule has 2 N–H and O–H groups in total. The molecule has 0 radical (unpaired) electrons. The van der Waals surface area contributed by atoms with E-state index in [9.17, 15) is 9.59 Å². The van der Waals surface area contributed by atoms with Crippen molar-refractivity contribution < 1.29 is 20.4 Å². The molecule has 1 saturated carbocycles. The number of ether oxygens (including phenoxy) is 2. The molecule has 3 rings (SSSR count). The number of nitrogens with zero attached hydrogens (tertiary/aromatic N) is 3. The van der Waals surface area contributed by atoms with Crippen LogP contribution >= 0.6 is 0 Å². The number of fused-ring (bicyclic) bond motifs is 1. The fraction of sp³-hybridized carbons (Fsp3) is 0.864. The fourth-order valence-corrected chi connectivity index (χ4v) is 4.42. The average molecular weight is 437 g/mol. The molecule has 31 heavy (non-hydrogen) atoms. The average Bonchev–Trinajstić information content (AvgIpc) is 3.24. The van der Waals surface area contributed by atoms with E-state index in [1.807, 2.05) is 0 Å². The molecule has 1 aliphatic carbocycles. The Hall–Kier alpha value is -2.03. The van der Waals surface area contributed by atoms with Crippen molar-refractivity contribution in [2.45, 2.75) is 84.8 Å². The van der Waals surface area contributed by atoms with E-state index >= 15 is 0 Å². The van der Waals surface area contributed by atoms with E-state index in [4.69, 9.17) is 10.8 Å². The summed E-state index contributed by atoms with van der Waals surface area (Å²) in [5.74, 6) is 1.28. The predicted octanol–water partition coefficient (Wildman–Crippen LogP) is 2.44. The van der Waals surface area contributed by atoms with Gasteiger partial charge in [0.15, 0.2) is 5.82 Å². The highest BCUT2D eigenvalue weighted by Crippen LogP contribution is 2.40. The molecule has 1 aliphatic heterocycles. The molecule has 2 aliphatic rings. The first-order chi connectivity index (χ1) is 15.1. The number of rotatable bonds is 8. The molecule has 0 bridgehead atoms. The molecule has 5 atom stereocenters. The van der Waals surface area contributed by atoms with E-state index in [0.717, 1.165) is 37.9 Å². The van der Waals surface area contributed by atoms with Gasteiger partial charge in [-0.25, -0.2) is 0 Å². The van der Waals surface area contributed by atoms with Crippen LogP contribution in [0.1, 0.15) is 73.4 Å². The van der Waals surface area contributed by atoms with Crippen LogP contribution in [0, 0.1) is 23.2 Å². The fourth-order valence-electron chi connectivity index (χ4n) is 4.42. The second-order valence-corrected chi connectivity index (χ2v) is 10.0. The van der Waals surface area contributed by atoms with Gasteiger partial charge in [0.25, 0.3) is 0 Å². The Kier molecular flexibility index (Phi) is 7.53. The normalized spacial score (nSPS) is 30.1. The first-order valence-electron chi connectivity index (χ1n) is 11.9. The summed E-state index contributed by atoms with van der Waals surface area (Å²) < 4.78 is 19.6. The van der Waals surface area contributed by atoms with Crippen LogP contribution in [0.15, 0.2) is 0 Å². The molecule has 9 heteroatoms. The van der Waals surface area contributed by atoms with Crippen molar-refractivity contribution in [3.05, 3.63) is 5.82 Å². The number of piperidine rings is 1. The lowest BCUT2D eigenvalue weighted by Gasteiger charge is -2.42. The van der Waals surface area contributed by atoms with Gasteiger partial charge in [-0.15, -0.1) is 10.2 Å². The lowest BCUT2D eigenvalue weighted by Crippen LogP contribution is -2.50. The first kappa shape index (κ1) is 22.2. The topological polar surface area (TPSA) is 119 Å². The Balaban J connectivity index is 1.45. The largest absolute Gasteiger partial charge is 0.465 e. The van der Waals surface area contributed by atoms with E-state index in [1.54, 1.807) is 27.7 Å². The minimum atomic E-state index is -1.42. The Morgan fingerprint density at radius 3 is 2.77 bits per heavy atom. The van der Waals surface area contributed by atoms with Gasteiger partial charge in [-0.05, 0) is 77.7 Å². The molecule has 1 aromatic heterocycles. The molecule has 0 aromatic carbocycles. The standard InChI is InChI=1S/C22H37N5O4/c1-14(9-10-30-21(29)22(2,3)4)31-20(28)18-12-17-11-15(5-7-16(17)13-23-18)6-8-19-24-26-27-25-19/h14-18,23H,5-13H2,1-4H3,(H,24,25,26,27)/t14-,15+,16-,17+,18-/m0/s1/i18D. The van der Waals surface area contributed by atoms with E-state index in [0.29, 0.717) is 37.1 Å². The minimum absolute atomic E-state index is 0.190. The number of aromatic amines is 1. The summed E-state index contributed by atoms with van der Waals surface area (Å²) in [5, 5.41) is 17.3. The number of hydrogen-bond donors (Lipinski definition) is 2. The number of esters is 2.